The molecule has 142 valence electrons. The van der Waals surface area contributed by atoms with Gasteiger partial charge in [-0.05, 0) is 29.8 Å². The smallest absolute Gasteiger partial charge is 0.205 e. The standard InChI is InChI=1S/C22H21FN4S/c23-20-10-8-19(9-11-20)17-21-24-22(28-25-21)27-15-13-26(14-16-27)12-4-7-18-5-2-1-3-6-18/h1-3,5-6,8-11H,12-17H2. The van der Waals surface area contributed by atoms with Gasteiger partial charge in [0, 0.05) is 49.7 Å². The van der Waals surface area contributed by atoms with Gasteiger partial charge in [-0.3, -0.25) is 4.90 Å². The van der Waals surface area contributed by atoms with Gasteiger partial charge in [0.15, 0.2) is 0 Å². The Morgan fingerprint density at radius 2 is 1.71 bits per heavy atom. The van der Waals surface area contributed by atoms with E-state index < -0.39 is 0 Å². The average Bonchev–Trinajstić information content (AvgIpc) is 3.20. The summed E-state index contributed by atoms with van der Waals surface area (Å²) in [6, 6.07) is 16.6. The largest absolute Gasteiger partial charge is 0.344 e. The highest BCUT2D eigenvalue weighted by atomic mass is 32.1. The van der Waals surface area contributed by atoms with Crippen LogP contribution in [0, 0.1) is 17.7 Å². The van der Waals surface area contributed by atoms with Gasteiger partial charge < -0.3 is 4.90 Å². The van der Waals surface area contributed by atoms with Gasteiger partial charge in [0.2, 0.25) is 5.13 Å². The van der Waals surface area contributed by atoms with Crippen LogP contribution in [0.1, 0.15) is 17.0 Å². The molecular weight excluding hydrogens is 371 g/mol. The van der Waals surface area contributed by atoms with Gasteiger partial charge in [0.1, 0.15) is 11.6 Å². The molecule has 3 aromatic rings. The number of rotatable bonds is 4. The van der Waals surface area contributed by atoms with Crippen LogP contribution in [-0.2, 0) is 6.42 Å². The van der Waals surface area contributed by atoms with E-state index in [1.807, 2.05) is 30.3 Å². The minimum atomic E-state index is -0.220. The Hall–Kier alpha value is -2.75. The van der Waals surface area contributed by atoms with Gasteiger partial charge in [0.05, 0.1) is 6.54 Å². The minimum Gasteiger partial charge on any atom is -0.344 e. The molecule has 28 heavy (non-hydrogen) atoms. The minimum absolute atomic E-state index is 0.220. The summed E-state index contributed by atoms with van der Waals surface area (Å²) in [6.45, 7) is 4.58. The molecule has 0 aliphatic carbocycles. The van der Waals surface area contributed by atoms with Crippen molar-refractivity contribution < 1.29 is 4.39 Å². The average molecular weight is 393 g/mol. The highest BCUT2D eigenvalue weighted by Crippen LogP contribution is 2.20. The predicted octanol–water partition coefficient (Wildman–Crippen LogP) is 3.44. The number of piperazine rings is 1. The number of nitrogens with zero attached hydrogens (tertiary/aromatic N) is 4. The summed E-state index contributed by atoms with van der Waals surface area (Å²) in [7, 11) is 0. The van der Waals surface area contributed by atoms with Crippen molar-refractivity contribution in [3.05, 3.63) is 77.4 Å². The lowest BCUT2D eigenvalue weighted by Gasteiger charge is -2.33. The van der Waals surface area contributed by atoms with Crippen molar-refractivity contribution >= 4 is 16.7 Å². The molecule has 0 amide bonds. The van der Waals surface area contributed by atoms with Crippen molar-refractivity contribution in [1.29, 1.82) is 0 Å². The quantitative estimate of drug-likeness (QED) is 0.637. The number of halogens is 1. The Labute approximate surface area is 168 Å². The molecule has 2 heterocycles. The summed E-state index contributed by atoms with van der Waals surface area (Å²) < 4.78 is 17.5. The molecule has 4 rings (SSSR count). The summed E-state index contributed by atoms with van der Waals surface area (Å²) in [4.78, 5) is 9.32. The normalized spacial score (nSPS) is 14.5. The predicted molar refractivity (Wildman–Crippen MR) is 111 cm³/mol. The highest BCUT2D eigenvalue weighted by molar-refractivity contribution is 7.09. The highest BCUT2D eigenvalue weighted by Gasteiger charge is 2.19. The first kappa shape index (κ1) is 18.6. The maximum absolute atomic E-state index is 13.0. The van der Waals surface area contributed by atoms with Crippen LogP contribution in [0.25, 0.3) is 0 Å². The van der Waals surface area contributed by atoms with E-state index in [-0.39, 0.29) is 5.82 Å². The summed E-state index contributed by atoms with van der Waals surface area (Å²) in [5.41, 5.74) is 2.08. The molecule has 1 saturated heterocycles. The van der Waals surface area contributed by atoms with E-state index in [1.165, 1.54) is 23.7 Å². The zero-order valence-corrected chi connectivity index (χ0v) is 16.3. The van der Waals surface area contributed by atoms with Gasteiger partial charge in [0.25, 0.3) is 0 Å². The van der Waals surface area contributed by atoms with Gasteiger partial charge in [-0.25, -0.2) is 9.37 Å². The molecule has 0 radical (unpaired) electrons. The molecule has 0 unspecified atom stereocenters. The molecule has 1 aliphatic rings. The first-order chi connectivity index (χ1) is 13.8. The van der Waals surface area contributed by atoms with Crippen molar-refractivity contribution in [1.82, 2.24) is 14.3 Å². The third-order valence-electron chi connectivity index (χ3n) is 4.68. The number of benzene rings is 2. The molecule has 4 nitrogen and oxygen atoms in total. The molecule has 0 N–H and O–H groups in total. The number of aromatic nitrogens is 2. The summed E-state index contributed by atoms with van der Waals surface area (Å²) >= 11 is 1.44. The van der Waals surface area contributed by atoms with Crippen LogP contribution in [0.2, 0.25) is 0 Å². The monoisotopic (exact) mass is 392 g/mol. The van der Waals surface area contributed by atoms with Crippen LogP contribution in [0.3, 0.4) is 0 Å². The second-order valence-corrected chi connectivity index (χ2v) is 7.46. The van der Waals surface area contributed by atoms with E-state index in [0.29, 0.717) is 6.42 Å². The molecule has 0 spiro atoms. The maximum atomic E-state index is 13.0. The van der Waals surface area contributed by atoms with Gasteiger partial charge in [-0.2, -0.15) is 4.37 Å². The van der Waals surface area contributed by atoms with Gasteiger partial charge in [-0.1, -0.05) is 42.2 Å². The lowest BCUT2D eigenvalue weighted by molar-refractivity contribution is 0.288. The zero-order valence-electron chi connectivity index (χ0n) is 15.5. The third kappa shape index (κ3) is 4.94. The van der Waals surface area contributed by atoms with Crippen LogP contribution < -0.4 is 4.90 Å². The van der Waals surface area contributed by atoms with E-state index in [4.69, 9.17) is 0 Å². The van der Waals surface area contributed by atoms with Crippen molar-refractivity contribution in [2.45, 2.75) is 6.42 Å². The van der Waals surface area contributed by atoms with Crippen molar-refractivity contribution in [2.24, 2.45) is 0 Å². The molecule has 1 fully saturated rings. The number of anilines is 1. The van der Waals surface area contributed by atoms with Crippen molar-refractivity contribution in [3.63, 3.8) is 0 Å². The van der Waals surface area contributed by atoms with Crippen molar-refractivity contribution in [2.75, 3.05) is 37.6 Å². The summed E-state index contributed by atoms with van der Waals surface area (Å²) in [5, 5.41) is 0.965. The second kappa shape index (κ2) is 8.96. The SMILES string of the molecule is Fc1ccc(Cc2nsc(N3CCN(CC#Cc4ccccc4)CC3)n2)cc1. The Morgan fingerprint density at radius 3 is 2.46 bits per heavy atom. The molecule has 1 aromatic heterocycles. The molecule has 2 aromatic carbocycles. The van der Waals surface area contributed by atoms with Gasteiger partial charge in [-0.15, -0.1) is 0 Å². The fourth-order valence-corrected chi connectivity index (χ4v) is 3.84. The van der Waals surface area contributed by atoms with Crippen LogP contribution in [0.15, 0.2) is 54.6 Å². The number of hydrogen-bond donors (Lipinski definition) is 0. The van der Waals surface area contributed by atoms with Gasteiger partial charge >= 0.3 is 0 Å². The summed E-state index contributed by atoms with van der Waals surface area (Å²) in [5.74, 6) is 7.06. The fraction of sp³-hybridized carbons (Fsp3) is 0.273. The molecule has 0 saturated carbocycles. The van der Waals surface area contributed by atoms with Crippen LogP contribution >= 0.6 is 11.5 Å². The first-order valence-corrected chi connectivity index (χ1v) is 10.1. The van der Waals surface area contributed by atoms with Crippen molar-refractivity contribution in [3.8, 4) is 11.8 Å². The second-order valence-electron chi connectivity index (χ2n) is 6.73. The number of hydrogen-bond acceptors (Lipinski definition) is 5. The van der Waals surface area contributed by atoms with E-state index in [1.54, 1.807) is 12.1 Å². The lowest BCUT2D eigenvalue weighted by atomic mass is 10.1. The molecular formula is C22H21FN4S. The Bertz CT molecular complexity index is 951. The fourth-order valence-electron chi connectivity index (χ4n) is 3.10. The zero-order chi connectivity index (χ0) is 19.2. The topological polar surface area (TPSA) is 32.3 Å². The molecule has 1 aliphatic heterocycles. The molecule has 0 bridgehead atoms. The third-order valence-corrected chi connectivity index (χ3v) is 5.50. The Kier molecular flexibility index (Phi) is 5.95. The van der Waals surface area contributed by atoms with E-state index in [9.17, 15) is 4.39 Å². The molecule has 0 atom stereocenters. The van der Waals surface area contributed by atoms with Crippen LogP contribution in [-0.4, -0.2) is 47.0 Å². The van der Waals surface area contributed by atoms with Crippen LogP contribution in [0.4, 0.5) is 9.52 Å². The lowest BCUT2D eigenvalue weighted by Crippen LogP contribution is -2.46. The van der Waals surface area contributed by atoms with E-state index >= 15 is 0 Å². The van der Waals surface area contributed by atoms with Crippen LogP contribution in [0.5, 0.6) is 0 Å². The molecule has 6 heteroatoms. The Balaban J connectivity index is 1.28. The maximum Gasteiger partial charge on any atom is 0.205 e. The Morgan fingerprint density at radius 1 is 0.964 bits per heavy atom. The van der Waals surface area contributed by atoms with E-state index in [2.05, 4.69) is 31.0 Å². The first-order valence-electron chi connectivity index (χ1n) is 9.34. The summed E-state index contributed by atoms with van der Waals surface area (Å²) in [6.07, 6.45) is 0.631. The van der Waals surface area contributed by atoms with E-state index in [0.717, 1.165) is 54.8 Å².